The highest BCUT2D eigenvalue weighted by molar-refractivity contribution is 6.89. The first-order valence-corrected chi connectivity index (χ1v) is 12.6. The van der Waals surface area contributed by atoms with Gasteiger partial charge in [0.15, 0.2) is 0 Å². The van der Waals surface area contributed by atoms with Crippen LogP contribution in [0.25, 0.3) is 0 Å². The predicted octanol–water partition coefficient (Wildman–Crippen LogP) is 4.61. The van der Waals surface area contributed by atoms with E-state index < -0.39 is 8.07 Å². The van der Waals surface area contributed by atoms with Gasteiger partial charge >= 0.3 is 0 Å². The number of ether oxygens (including phenoxy) is 2. The van der Waals surface area contributed by atoms with Crippen LogP contribution in [0.15, 0.2) is 60.7 Å². The fourth-order valence-corrected chi connectivity index (χ4v) is 6.51. The van der Waals surface area contributed by atoms with Gasteiger partial charge in [-0.15, -0.1) is 0 Å². The van der Waals surface area contributed by atoms with E-state index in [4.69, 9.17) is 9.47 Å². The molecule has 0 aliphatic carbocycles. The highest BCUT2D eigenvalue weighted by Gasteiger charge is 2.36. The SMILES string of the molecule is C[C@@H]1C[C@@H](C[Si](C)(C)c2ccccc2)O[C@H]1COCc1ccccc1. The van der Waals surface area contributed by atoms with E-state index in [1.54, 1.807) is 0 Å². The lowest BCUT2D eigenvalue weighted by atomic mass is 10.0. The van der Waals surface area contributed by atoms with Gasteiger partial charge in [0.25, 0.3) is 0 Å². The third kappa shape index (κ3) is 5.03. The summed E-state index contributed by atoms with van der Waals surface area (Å²) in [5, 5.41) is 1.52. The molecule has 0 unspecified atom stereocenters. The van der Waals surface area contributed by atoms with Gasteiger partial charge in [0.2, 0.25) is 0 Å². The lowest BCUT2D eigenvalue weighted by Crippen LogP contribution is -2.44. The molecule has 0 radical (unpaired) electrons. The average molecular weight is 355 g/mol. The van der Waals surface area contributed by atoms with Crippen LogP contribution < -0.4 is 5.19 Å². The number of hydrogen-bond donors (Lipinski definition) is 0. The summed E-state index contributed by atoms with van der Waals surface area (Å²) in [6, 6.07) is 22.5. The summed E-state index contributed by atoms with van der Waals surface area (Å²) in [4.78, 5) is 0. The van der Waals surface area contributed by atoms with Crippen molar-refractivity contribution in [2.45, 2.75) is 51.3 Å². The zero-order valence-corrected chi connectivity index (χ0v) is 16.7. The largest absolute Gasteiger partial charge is 0.374 e. The quantitative estimate of drug-likeness (QED) is 0.676. The molecule has 2 nitrogen and oxygen atoms in total. The summed E-state index contributed by atoms with van der Waals surface area (Å²) < 4.78 is 12.3. The van der Waals surface area contributed by atoms with Crippen molar-refractivity contribution in [2.24, 2.45) is 5.92 Å². The van der Waals surface area contributed by atoms with E-state index in [1.807, 2.05) is 6.07 Å². The number of benzene rings is 2. The van der Waals surface area contributed by atoms with Crippen LogP contribution in [0.2, 0.25) is 19.1 Å². The van der Waals surface area contributed by atoms with Gasteiger partial charge in [0, 0.05) is 0 Å². The molecule has 3 heteroatoms. The molecule has 1 aliphatic heterocycles. The summed E-state index contributed by atoms with van der Waals surface area (Å²) in [5.41, 5.74) is 1.22. The van der Waals surface area contributed by atoms with Gasteiger partial charge in [-0.3, -0.25) is 0 Å². The maximum atomic E-state index is 6.38. The van der Waals surface area contributed by atoms with Crippen molar-refractivity contribution in [3.05, 3.63) is 66.2 Å². The highest BCUT2D eigenvalue weighted by Crippen LogP contribution is 2.31. The molecule has 0 aromatic heterocycles. The third-order valence-corrected chi connectivity index (χ3v) is 8.70. The lowest BCUT2D eigenvalue weighted by Gasteiger charge is -2.26. The second-order valence-corrected chi connectivity index (χ2v) is 12.7. The molecule has 2 aromatic carbocycles. The molecule has 1 saturated heterocycles. The average Bonchev–Trinajstić information content (AvgIpc) is 2.95. The Morgan fingerprint density at radius 2 is 1.64 bits per heavy atom. The summed E-state index contributed by atoms with van der Waals surface area (Å²) in [6.45, 7) is 8.57. The van der Waals surface area contributed by atoms with Gasteiger partial charge in [0.1, 0.15) is 0 Å². The number of hydrogen-bond acceptors (Lipinski definition) is 2. The molecule has 134 valence electrons. The fourth-order valence-electron chi connectivity index (χ4n) is 3.78. The smallest absolute Gasteiger partial charge is 0.0838 e. The molecule has 1 fully saturated rings. The Morgan fingerprint density at radius 1 is 1.00 bits per heavy atom. The fraction of sp³-hybridized carbons (Fsp3) is 0.455. The van der Waals surface area contributed by atoms with E-state index in [-0.39, 0.29) is 6.10 Å². The maximum absolute atomic E-state index is 6.38. The maximum Gasteiger partial charge on any atom is 0.0838 e. The third-order valence-electron chi connectivity index (χ3n) is 5.32. The minimum absolute atomic E-state index is 0.231. The van der Waals surface area contributed by atoms with Crippen LogP contribution in [0.4, 0.5) is 0 Å². The minimum atomic E-state index is -1.45. The molecule has 25 heavy (non-hydrogen) atoms. The van der Waals surface area contributed by atoms with Crippen LogP contribution in [-0.4, -0.2) is 26.9 Å². The molecule has 3 rings (SSSR count). The van der Waals surface area contributed by atoms with E-state index in [2.05, 4.69) is 74.6 Å². The monoisotopic (exact) mass is 354 g/mol. The van der Waals surface area contributed by atoms with E-state index in [9.17, 15) is 0 Å². The van der Waals surface area contributed by atoms with Gasteiger partial charge in [-0.25, -0.2) is 0 Å². The van der Waals surface area contributed by atoms with Crippen molar-refractivity contribution in [2.75, 3.05) is 6.61 Å². The van der Waals surface area contributed by atoms with Crippen LogP contribution in [-0.2, 0) is 16.1 Å². The molecular weight excluding hydrogens is 324 g/mol. The first kappa shape index (κ1) is 18.4. The Labute approximate surface area is 153 Å². The zero-order valence-electron chi connectivity index (χ0n) is 15.7. The summed E-state index contributed by atoms with van der Waals surface area (Å²) >= 11 is 0. The molecule has 0 saturated carbocycles. The summed E-state index contributed by atoms with van der Waals surface area (Å²) in [6.07, 6.45) is 1.76. The molecule has 3 atom stereocenters. The molecule has 0 bridgehead atoms. The first-order valence-electron chi connectivity index (χ1n) is 9.37. The van der Waals surface area contributed by atoms with Gasteiger partial charge in [-0.2, -0.15) is 0 Å². The molecule has 2 aromatic rings. The van der Waals surface area contributed by atoms with Gasteiger partial charge in [-0.05, 0) is 23.9 Å². The van der Waals surface area contributed by atoms with Crippen molar-refractivity contribution in [1.82, 2.24) is 0 Å². The van der Waals surface area contributed by atoms with Crippen LogP contribution in [0.5, 0.6) is 0 Å². The van der Waals surface area contributed by atoms with Crippen molar-refractivity contribution in [1.29, 1.82) is 0 Å². The molecule has 1 aliphatic rings. The normalized spacial score (nSPS) is 23.7. The Bertz CT molecular complexity index is 642. The Balaban J connectivity index is 1.49. The summed E-state index contributed by atoms with van der Waals surface area (Å²) in [5.74, 6) is 0.571. The zero-order chi connectivity index (χ0) is 17.7. The standard InChI is InChI=1S/C22H30O2Si/c1-18-14-20(17-25(2,3)21-12-8-5-9-13-21)24-22(18)16-23-15-19-10-6-4-7-11-19/h4-13,18,20,22H,14-17H2,1-3H3/t18-,20+,22+/m1/s1. The molecule has 0 spiro atoms. The van der Waals surface area contributed by atoms with Crippen LogP contribution in [0.1, 0.15) is 18.9 Å². The Hall–Kier alpha value is -1.42. The van der Waals surface area contributed by atoms with Gasteiger partial charge in [0.05, 0.1) is 33.5 Å². The van der Waals surface area contributed by atoms with E-state index in [1.165, 1.54) is 16.8 Å². The van der Waals surface area contributed by atoms with Crippen molar-refractivity contribution < 1.29 is 9.47 Å². The lowest BCUT2D eigenvalue weighted by molar-refractivity contribution is -0.0244. The van der Waals surface area contributed by atoms with Gasteiger partial charge in [-0.1, -0.05) is 85.9 Å². The molecule has 0 N–H and O–H groups in total. The Morgan fingerprint density at radius 3 is 2.32 bits per heavy atom. The Kier molecular flexibility index (Phi) is 6.10. The topological polar surface area (TPSA) is 18.5 Å². The molecule has 0 amide bonds. The van der Waals surface area contributed by atoms with E-state index in [0.717, 1.165) is 6.42 Å². The summed E-state index contributed by atoms with van der Waals surface area (Å²) in [7, 11) is -1.45. The van der Waals surface area contributed by atoms with Crippen LogP contribution >= 0.6 is 0 Å². The van der Waals surface area contributed by atoms with Gasteiger partial charge < -0.3 is 9.47 Å². The first-order chi connectivity index (χ1) is 12.0. The van der Waals surface area contributed by atoms with Crippen molar-refractivity contribution in [3.63, 3.8) is 0 Å². The predicted molar refractivity (Wildman–Crippen MR) is 107 cm³/mol. The van der Waals surface area contributed by atoms with Crippen LogP contribution in [0, 0.1) is 5.92 Å². The second kappa shape index (κ2) is 8.30. The molecular formula is C22H30O2Si. The van der Waals surface area contributed by atoms with E-state index >= 15 is 0 Å². The second-order valence-electron chi connectivity index (χ2n) is 7.96. The van der Waals surface area contributed by atoms with E-state index in [0.29, 0.717) is 25.2 Å². The van der Waals surface area contributed by atoms with Crippen molar-refractivity contribution in [3.8, 4) is 0 Å². The van der Waals surface area contributed by atoms with Crippen LogP contribution in [0.3, 0.4) is 0 Å². The van der Waals surface area contributed by atoms with Crippen molar-refractivity contribution >= 4 is 13.3 Å². The number of rotatable bonds is 7. The highest BCUT2D eigenvalue weighted by atomic mass is 28.3. The molecule has 1 heterocycles. The minimum Gasteiger partial charge on any atom is -0.374 e.